The molecule has 2 rings (SSSR count). The Labute approximate surface area is 132 Å². The molecule has 21 heavy (non-hydrogen) atoms. The zero-order valence-electron chi connectivity index (χ0n) is 13.8. The molecular formula is C16H29N3OS. The predicted molar refractivity (Wildman–Crippen MR) is 90.3 cm³/mol. The molecule has 1 saturated carbocycles. The molecule has 120 valence electrons. The number of hydrogen-bond donors (Lipinski definition) is 1. The fraction of sp³-hybridized carbons (Fsp3) is 0.812. The molecule has 0 amide bonds. The van der Waals surface area contributed by atoms with Crippen molar-refractivity contribution in [3.63, 3.8) is 0 Å². The Morgan fingerprint density at radius 2 is 2.24 bits per heavy atom. The van der Waals surface area contributed by atoms with Gasteiger partial charge in [0, 0.05) is 31.1 Å². The highest BCUT2D eigenvalue weighted by molar-refractivity contribution is 7.15. The van der Waals surface area contributed by atoms with Crippen LogP contribution in [0.1, 0.15) is 43.7 Å². The molecule has 0 aromatic carbocycles. The summed E-state index contributed by atoms with van der Waals surface area (Å²) in [7, 11) is 1.77. The summed E-state index contributed by atoms with van der Waals surface area (Å²) in [5.74, 6) is 0.840. The van der Waals surface area contributed by atoms with Crippen molar-refractivity contribution in [1.82, 2.24) is 10.3 Å². The van der Waals surface area contributed by atoms with E-state index >= 15 is 0 Å². The lowest BCUT2D eigenvalue weighted by atomic mass is 10.2. The minimum atomic E-state index is 0.571. The molecule has 1 fully saturated rings. The number of thiazole rings is 1. The van der Waals surface area contributed by atoms with E-state index in [0.29, 0.717) is 6.04 Å². The van der Waals surface area contributed by atoms with E-state index in [-0.39, 0.29) is 0 Å². The second-order valence-electron chi connectivity index (χ2n) is 5.95. The maximum absolute atomic E-state index is 5.28. The molecule has 0 aliphatic heterocycles. The molecule has 4 nitrogen and oxygen atoms in total. The highest BCUT2D eigenvalue weighted by atomic mass is 32.1. The fourth-order valence-electron chi connectivity index (χ4n) is 2.57. The lowest BCUT2D eigenvalue weighted by Gasteiger charge is -2.28. The first-order valence-electron chi connectivity index (χ1n) is 8.10. The first-order chi connectivity index (χ1) is 10.2. The number of ether oxygens (including phenoxy) is 1. The topological polar surface area (TPSA) is 37.4 Å². The molecule has 1 aliphatic rings. The Hall–Kier alpha value is -0.650. The summed E-state index contributed by atoms with van der Waals surface area (Å²) in [6, 6.07) is 0.571. The third-order valence-corrected chi connectivity index (χ3v) is 5.37. The lowest BCUT2D eigenvalue weighted by Crippen LogP contribution is -2.37. The minimum Gasteiger partial charge on any atom is -0.383 e. The Balaban J connectivity index is 2.05. The van der Waals surface area contributed by atoms with Crippen LogP contribution in [0.4, 0.5) is 5.13 Å². The van der Waals surface area contributed by atoms with Crippen LogP contribution in [0.25, 0.3) is 0 Å². The number of aromatic nitrogens is 1. The summed E-state index contributed by atoms with van der Waals surface area (Å²) in [5, 5.41) is 4.64. The monoisotopic (exact) mass is 311 g/mol. The zero-order chi connectivity index (χ0) is 15.2. The van der Waals surface area contributed by atoms with Gasteiger partial charge in [-0.05, 0) is 45.6 Å². The Morgan fingerprint density at radius 3 is 2.86 bits per heavy atom. The number of anilines is 1. The molecule has 5 heteroatoms. The summed E-state index contributed by atoms with van der Waals surface area (Å²) in [5.41, 5.74) is 1.17. The summed E-state index contributed by atoms with van der Waals surface area (Å²) in [6.07, 6.45) is 3.89. The van der Waals surface area contributed by atoms with Gasteiger partial charge in [0.15, 0.2) is 5.13 Å². The number of hydrogen-bond acceptors (Lipinski definition) is 5. The molecule has 0 spiro atoms. The van der Waals surface area contributed by atoms with Gasteiger partial charge in [-0.15, -0.1) is 11.3 Å². The zero-order valence-corrected chi connectivity index (χ0v) is 14.6. The van der Waals surface area contributed by atoms with Crippen molar-refractivity contribution >= 4 is 16.5 Å². The highest BCUT2D eigenvalue weighted by Gasteiger charge is 2.33. The second kappa shape index (κ2) is 8.11. The van der Waals surface area contributed by atoms with Crippen molar-refractivity contribution in [1.29, 1.82) is 0 Å². The maximum atomic E-state index is 5.28. The molecule has 1 atom stereocenters. The van der Waals surface area contributed by atoms with Gasteiger partial charge in [-0.1, -0.05) is 6.92 Å². The predicted octanol–water partition coefficient (Wildman–Crippen LogP) is 3.20. The Bertz CT molecular complexity index is 431. The number of aryl methyl sites for hydroxylation is 1. The van der Waals surface area contributed by atoms with Crippen molar-refractivity contribution in [2.75, 3.05) is 31.7 Å². The van der Waals surface area contributed by atoms with Crippen molar-refractivity contribution in [2.24, 2.45) is 5.92 Å². The molecule has 1 aromatic rings. The van der Waals surface area contributed by atoms with E-state index < -0.39 is 0 Å². The first kappa shape index (κ1) is 16.7. The van der Waals surface area contributed by atoms with Crippen LogP contribution in [0.2, 0.25) is 0 Å². The summed E-state index contributed by atoms with van der Waals surface area (Å²) < 4.78 is 5.28. The van der Waals surface area contributed by atoms with E-state index in [4.69, 9.17) is 9.72 Å². The molecule has 0 saturated heterocycles. The van der Waals surface area contributed by atoms with Gasteiger partial charge in [-0.2, -0.15) is 0 Å². The average molecular weight is 311 g/mol. The summed E-state index contributed by atoms with van der Waals surface area (Å²) in [6.45, 7) is 10.4. The number of nitrogens with zero attached hydrogens (tertiary/aromatic N) is 2. The molecule has 0 bridgehead atoms. The Morgan fingerprint density at radius 1 is 1.48 bits per heavy atom. The SMILES string of the molecule is CCCNCc1sc(N(CCOC)C(C)C2CC2)nc1C. The third-order valence-electron chi connectivity index (χ3n) is 4.17. The second-order valence-corrected chi connectivity index (χ2v) is 7.01. The van der Waals surface area contributed by atoms with E-state index in [9.17, 15) is 0 Å². The van der Waals surface area contributed by atoms with Crippen LogP contribution in [0.3, 0.4) is 0 Å². The molecule has 1 unspecified atom stereocenters. The molecule has 0 radical (unpaired) electrons. The van der Waals surface area contributed by atoms with Gasteiger partial charge in [0.05, 0.1) is 12.3 Å². The number of methoxy groups -OCH3 is 1. The summed E-state index contributed by atoms with van der Waals surface area (Å²) in [4.78, 5) is 8.63. The summed E-state index contributed by atoms with van der Waals surface area (Å²) >= 11 is 1.84. The molecular weight excluding hydrogens is 282 g/mol. The quantitative estimate of drug-likeness (QED) is 0.673. The highest BCUT2D eigenvalue weighted by Crippen LogP contribution is 2.38. The van der Waals surface area contributed by atoms with Crippen molar-refractivity contribution < 1.29 is 4.74 Å². The van der Waals surface area contributed by atoms with Gasteiger partial charge in [0.25, 0.3) is 0 Å². The van der Waals surface area contributed by atoms with E-state index in [1.54, 1.807) is 7.11 Å². The van der Waals surface area contributed by atoms with E-state index in [1.165, 1.54) is 29.8 Å². The van der Waals surface area contributed by atoms with Gasteiger partial charge in [0.2, 0.25) is 0 Å². The van der Waals surface area contributed by atoms with Gasteiger partial charge < -0.3 is 15.0 Å². The smallest absolute Gasteiger partial charge is 0.186 e. The van der Waals surface area contributed by atoms with E-state index in [0.717, 1.165) is 37.3 Å². The van der Waals surface area contributed by atoms with Crippen molar-refractivity contribution in [3.8, 4) is 0 Å². The minimum absolute atomic E-state index is 0.571. The van der Waals surface area contributed by atoms with Gasteiger partial charge in [-0.3, -0.25) is 0 Å². The van der Waals surface area contributed by atoms with Crippen LogP contribution in [0.5, 0.6) is 0 Å². The molecule has 1 aliphatic carbocycles. The fourth-order valence-corrected chi connectivity index (χ4v) is 3.72. The first-order valence-corrected chi connectivity index (χ1v) is 8.91. The average Bonchev–Trinajstić information content (AvgIpc) is 3.25. The van der Waals surface area contributed by atoms with Crippen LogP contribution >= 0.6 is 11.3 Å². The number of rotatable bonds is 10. The van der Waals surface area contributed by atoms with Gasteiger partial charge >= 0.3 is 0 Å². The maximum Gasteiger partial charge on any atom is 0.186 e. The lowest BCUT2D eigenvalue weighted by molar-refractivity contribution is 0.202. The standard InChI is InChI=1S/C16H29N3OS/c1-5-8-17-11-15-12(2)18-16(21-15)19(9-10-20-4)13(3)14-6-7-14/h13-14,17H,5-11H2,1-4H3. The van der Waals surface area contributed by atoms with E-state index in [2.05, 4.69) is 31.0 Å². The van der Waals surface area contributed by atoms with Gasteiger partial charge in [-0.25, -0.2) is 4.98 Å². The van der Waals surface area contributed by atoms with Crippen LogP contribution in [0, 0.1) is 12.8 Å². The van der Waals surface area contributed by atoms with Crippen LogP contribution in [0.15, 0.2) is 0 Å². The third kappa shape index (κ3) is 4.66. The van der Waals surface area contributed by atoms with Crippen molar-refractivity contribution in [2.45, 2.75) is 52.6 Å². The van der Waals surface area contributed by atoms with E-state index in [1.807, 2.05) is 11.3 Å². The molecule has 1 aromatic heterocycles. The van der Waals surface area contributed by atoms with Crippen LogP contribution < -0.4 is 10.2 Å². The molecule has 1 N–H and O–H groups in total. The Kier molecular flexibility index (Phi) is 6.45. The number of nitrogens with one attached hydrogen (secondary N) is 1. The van der Waals surface area contributed by atoms with Crippen molar-refractivity contribution in [3.05, 3.63) is 10.6 Å². The van der Waals surface area contributed by atoms with Crippen LogP contribution in [-0.2, 0) is 11.3 Å². The normalized spacial score (nSPS) is 16.2. The molecule has 1 heterocycles. The largest absolute Gasteiger partial charge is 0.383 e. The van der Waals surface area contributed by atoms with Gasteiger partial charge in [0.1, 0.15) is 0 Å². The van der Waals surface area contributed by atoms with Crippen LogP contribution in [-0.4, -0.2) is 37.8 Å².